The van der Waals surface area contributed by atoms with Gasteiger partial charge in [-0.3, -0.25) is 13.9 Å². The average molecular weight is 661 g/mol. The Morgan fingerprint density at radius 2 is 1.68 bits per heavy atom. The van der Waals surface area contributed by atoms with Gasteiger partial charge in [-0.15, -0.1) is 0 Å². The zero-order chi connectivity index (χ0) is 31.3. The largest absolute Gasteiger partial charge is 0.454 e. The van der Waals surface area contributed by atoms with E-state index < -0.39 is 28.5 Å². The van der Waals surface area contributed by atoms with Gasteiger partial charge in [-0.1, -0.05) is 78.9 Å². The van der Waals surface area contributed by atoms with E-state index in [0.29, 0.717) is 27.1 Å². The van der Waals surface area contributed by atoms with Crippen molar-refractivity contribution in [2.45, 2.75) is 57.2 Å². The molecule has 2 aliphatic rings. The number of hydrogen-bond donors (Lipinski definition) is 1. The maximum absolute atomic E-state index is 14.3. The fourth-order valence-electron chi connectivity index (χ4n) is 5.59. The highest BCUT2D eigenvalue weighted by Gasteiger charge is 2.34. The lowest BCUT2D eigenvalue weighted by Gasteiger charge is -2.35. The van der Waals surface area contributed by atoms with Gasteiger partial charge in [0.1, 0.15) is 12.6 Å². The molecule has 3 aromatic rings. The fourth-order valence-corrected chi connectivity index (χ4v) is 6.90. The number of nitrogens with one attached hydrogen (secondary N) is 1. The molecule has 5 rings (SSSR count). The number of benzene rings is 3. The molecule has 2 amide bonds. The molecule has 44 heavy (non-hydrogen) atoms. The van der Waals surface area contributed by atoms with Gasteiger partial charge >= 0.3 is 0 Å². The quantitative estimate of drug-likeness (QED) is 0.288. The smallest absolute Gasteiger partial charge is 0.244 e. The van der Waals surface area contributed by atoms with Crippen molar-refractivity contribution >= 4 is 50.7 Å². The summed E-state index contributed by atoms with van der Waals surface area (Å²) in [4.78, 5) is 29.8. The molecular formula is C32H35Cl2N3O6S. The van der Waals surface area contributed by atoms with Gasteiger partial charge in [0.2, 0.25) is 28.6 Å². The second kappa shape index (κ2) is 14.1. The molecule has 0 saturated heterocycles. The van der Waals surface area contributed by atoms with Crippen LogP contribution in [0.3, 0.4) is 0 Å². The molecule has 1 N–H and O–H groups in total. The Morgan fingerprint density at radius 3 is 2.39 bits per heavy atom. The predicted octanol–water partition coefficient (Wildman–Crippen LogP) is 5.58. The van der Waals surface area contributed by atoms with E-state index in [1.54, 1.807) is 30.3 Å². The summed E-state index contributed by atoms with van der Waals surface area (Å²) < 4.78 is 38.0. The molecule has 1 aliphatic heterocycles. The molecule has 1 aliphatic carbocycles. The molecule has 0 radical (unpaired) electrons. The molecule has 1 atom stereocenters. The van der Waals surface area contributed by atoms with Crippen molar-refractivity contribution < 1.29 is 27.5 Å². The first-order valence-corrected chi connectivity index (χ1v) is 17.1. The first kappa shape index (κ1) is 31.9. The summed E-state index contributed by atoms with van der Waals surface area (Å²) in [5.41, 5.74) is 1.66. The van der Waals surface area contributed by atoms with Gasteiger partial charge in [0.15, 0.2) is 11.5 Å². The normalized spacial score (nSPS) is 15.4. The Labute approximate surface area is 268 Å². The van der Waals surface area contributed by atoms with Crippen molar-refractivity contribution in [3.8, 4) is 11.5 Å². The molecule has 234 valence electrons. The number of hydrogen-bond acceptors (Lipinski definition) is 6. The summed E-state index contributed by atoms with van der Waals surface area (Å²) in [5.74, 6) is -0.0101. The van der Waals surface area contributed by atoms with Crippen LogP contribution in [0.1, 0.15) is 43.2 Å². The number of anilines is 1. The Morgan fingerprint density at radius 1 is 0.955 bits per heavy atom. The van der Waals surface area contributed by atoms with Crippen LogP contribution in [0.5, 0.6) is 11.5 Å². The highest BCUT2D eigenvalue weighted by atomic mass is 35.5. The minimum atomic E-state index is -3.93. The number of nitrogens with zero attached hydrogens (tertiary/aromatic N) is 2. The summed E-state index contributed by atoms with van der Waals surface area (Å²) in [7, 11) is -3.93. The Bertz CT molecular complexity index is 1600. The lowest BCUT2D eigenvalue weighted by Crippen LogP contribution is -2.55. The Kier molecular flexibility index (Phi) is 10.2. The Hall–Kier alpha value is -3.47. The van der Waals surface area contributed by atoms with Crippen molar-refractivity contribution in [2.75, 3.05) is 23.9 Å². The van der Waals surface area contributed by atoms with Gasteiger partial charge < -0.3 is 19.7 Å². The summed E-state index contributed by atoms with van der Waals surface area (Å²) in [6.45, 7) is -0.571. The van der Waals surface area contributed by atoms with E-state index in [4.69, 9.17) is 32.7 Å². The summed E-state index contributed by atoms with van der Waals surface area (Å²) >= 11 is 12.7. The third-order valence-corrected chi connectivity index (χ3v) is 9.63. The topological polar surface area (TPSA) is 105 Å². The van der Waals surface area contributed by atoms with Gasteiger partial charge in [-0.05, 0) is 48.2 Å². The zero-order valence-electron chi connectivity index (χ0n) is 24.4. The highest BCUT2D eigenvalue weighted by Crippen LogP contribution is 2.36. The first-order chi connectivity index (χ1) is 21.1. The molecule has 3 aromatic carbocycles. The summed E-state index contributed by atoms with van der Waals surface area (Å²) in [6.07, 6.45) is 6.16. The van der Waals surface area contributed by atoms with Crippen molar-refractivity contribution in [1.29, 1.82) is 0 Å². The predicted molar refractivity (Wildman–Crippen MR) is 171 cm³/mol. The molecule has 12 heteroatoms. The van der Waals surface area contributed by atoms with E-state index in [1.165, 1.54) is 11.0 Å². The maximum atomic E-state index is 14.3. The van der Waals surface area contributed by atoms with Gasteiger partial charge in [0.25, 0.3) is 0 Å². The number of carbonyl (C=O) groups excluding carboxylic acids is 2. The van der Waals surface area contributed by atoms with Crippen LogP contribution in [0, 0.1) is 0 Å². The third kappa shape index (κ3) is 7.97. The molecule has 0 aromatic heterocycles. The van der Waals surface area contributed by atoms with Crippen LogP contribution in [-0.2, 0) is 32.6 Å². The average Bonchev–Trinajstić information content (AvgIpc) is 3.47. The molecule has 0 bridgehead atoms. The summed E-state index contributed by atoms with van der Waals surface area (Å²) in [5, 5.41) is 3.94. The van der Waals surface area contributed by atoms with Gasteiger partial charge in [-0.25, -0.2) is 8.42 Å². The van der Waals surface area contributed by atoms with Crippen molar-refractivity contribution in [2.24, 2.45) is 0 Å². The fraction of sp³-hybridized carbons (Fsp3) is 0.375. The van der Waals surface area contributed by atoms with E-state index in [9.17, 15) is 18.0 Å². The van der Waals surface area contributed by atoms with E-state index in [0.717, 1.165) is 48.2 Å². The zero-order valence-corrected chi connectivity index (χ0v) is 26.7. The Balaban J connectivity index is 1.52. The second-order valence-corrected chi connectivity index (χ2v) is 13.9. The first-order valence-electron chi connectivity index (χ1n) is 14.5. The summed E-state index contributed by atoms with van der Waals surface area (Å²) in [6, 6.07) is 18.1. The van der Waals surface area contributed by atoms with Crippen molar-refractivity contribution in [3.05, 3.63) is 87.9 Å². The van der Waals surface area contributed by atoms with Crippen LogP contribution in [0.4, 0.5) is 5.69 Å². The van der Waals surface area contributed by atoms with Crippen LogP contribution in [-0.4, -0.2) is 56.8 Å². The molecule has 1 heterocycles. The lowest BCUT2D eigenvalue weighted by molar-refractivity contribution is -0.140. The highest BCUT2D eigenvalue weighted by molar-refractivity contribution is 7.92. The van der Waals surface area contributed by atoms with E-state index >= 15 is 0 Å². The number of sulfonamides is 1. The number of carbonyl (C=O) groups is 2. The van der Waals surface area contributed by atoms with E-state index in [-0.39, 0.29) is 37.4 Å². The lowest BCUT2D eigenvalue weighted by atomic mass is 9.94. The van der Waals surface area contributed by atoms with E-state index in [2.05, 4.69) is 5.32 Å². The third-order valence-electron chi connectivity index (χ3n) is 7.90. The van der Waals surface area contributed by atoms with E-state index in [1.807, 2.05) is 30.3 Å². The SMILES string of the molecule is CS(=O)(=O)N(CC(=O)N(Cc1ccc(Cl)cc1Cl)[C@H](Cc1ccccc1)C(=O)NC1CCCCC1)c1ccc2c(c1)OCO2. The molecule has 0 unspecified atom stereocenters. The van der Waals surface area contributed by atoms with Gasteiger partial charge in [0, 0.05) is 35.1 Å². The second-order valence-electron chi connectivity index (χ2n) is 11.1. The number of fused-ring (bicyclic) bond motifs is 1. The number of halogens is 2. The van der Waals surface area contributed by atoms with Crippen LogP contribution in [0.2, 0.25) is 10.0 Å². The maximum Gasteiger partial charge on any atom is 0.244 e. The minimum Gasteiger partial charge on any atom is -0.454 e. The monoisotopic (exact) mass is 659 g/mol. The number of amides is 2. The van der Waals surface area contributed by atoms with Crippen LogP contribution < -0.4 is 19.1 Å². The van der Waals surface area contributed by atoms with Crippen LogP contribution >= 0.6 is 23.2 Å². The van der Waals surface area contributed by atoms with Gasteiger partial charge in [0.05, 0.1) is 11.9 Å². The molecular weight excluding hydrogens is 625 g/mol. The molecule has 1 saturated carbocycles. The number of rotatable bonds is 11. The standard InChI is InChI=1S/C32H35Cl2N3O6S/c1-44(40,41)37(26-14-15-29-30(18-26)43-21-42-29)20-31(38)36(19-23-12-13-24(33)17-27(23)34)28(16-22-8-4-2-5-9-22)32(39)35-25-10-6-3-7-11-25/h2,4-5,8-9,12-15,17-18,25,28H,3,6-7,10-11,16,19-21H2,1H3,(H,35,39)/t28-/m1/s1. The molecule has 0 spiro atoms. The molecule has 9 nitrogen and oxygen atoms in total. The van der Waals surface area contributed by atoms with Crippen LogP contribution in [0.15, 0.2) is 66.7 Å². The van der Waals surface area contributed by atoms with Crippen molar-refractivity contribution in [3.63, 3.8) is 0 Å². The van der Waals surface area contributed by atoms with Gasteiger partial charge in [-0.2, -0.15) is 0 Å². The number of ether oxygens (including phenoxy) is 2. The van der Waals surface area contributed by atoms with Crippen molar-refractivity contribution in [1.82, 2.24) is 10.2 Å². The van der Waals surface area contributed by atoms with Crippen LogP contribution in [0.25, 0.3) is 0 Å². The molecule has 1 fully saturated rings. The minimum absolute atomic E-state index is 0.00625.